The molecule has 2 aromatic rings. The molecule has 0 N–H and O–H groups in total. The lowest BCUT2D eigenvalue weighted by atomic mass is 9.92. The molecular formula is C15H18N3OS. The molecular weight excluding hydrogens is 270 g/mol. The largest absolute Gasteiger partial charge is 0.292 e. The summed E-state index contributed by atoms with van der Waals surface area (Å²) in [6.45, 7) is 2.16. The smallest absolute Gasteiger partial charge is 0.190 e. The van der Waals surface area contributed by atoms with Crippen molar-refractivity contribution in [2.24, 2.45) is 0 Å². The van der Waals surface area contributed by atoms with Gasteiger partial charge in [0.15, 0.2) is 5.78 Å². The van der Waals surface area contributed by atoms with Crippen molar-refractivity contribution in [1.29, 1.82) is 0 Å². The van der Waals surface area contributed by atoms with Crippen molar-refractivity contribution in [2.45, 2.75) is 39.0 Å². The molecule has 0 aliphatic carbocycles. The molecule has 0 amide bonds. The molecule has 1 radical (unpaired) electrons. The maximum Gasteiger partial charge on any atom is 0.190 e. The van der Waals surface area contributed by atoms with Crippen LogP contribution in [0.5, 0.6) is 0 Å². The number of hydrogen-bond donors (Lipinski definition) is 0. The van der Waals surface area contributed by atoms with Crippen LogP contribution in [0.1, 0.15) is 48.1 Å². The fourth-order valence-corrected chi connectivity index (χ4v) is 2.65. The van der Waals surface area contributed by atoms with Gasteiger partial charge in [0.25, 0.3) is 0 Å². The second kappa shape index (κ2) is 7.85. The fraction of sp³-hybridized carbons (Fsp3) is 0.400. The number of ketones is 1. The van der Waals surface area contributed by atoms with Crippen LogP contribution < -0.4 is 0 Å². The SMILES string of the molecule is CCCCC[C](Cc1nccs1)C(=O)c1cnccn1. The second-order valence-corrected chi connectivity index (χ2v) is 5.56. The van der Waals surface area contributed by atoms with E-state index in [1.54, 1.807) is 29.9 Å². The number of aromatic nitrogens is 3. The van der Waals surface area contributed by atoms with Gasteiger partial charge in [-0.3, -0.25) is 9.78 Å². The Bertz CT molecular complexity index is 513. The first-order valence-corrected chi connectivity index (χ1v) is 7.73. The predicted molar refractivity (Wildman–Crippen MR) is 79.6 cm³/mol. The maximum absolute atomic E-state index is 12.5. The Labute approximate surface area is 123 Å². The summed E-state index contributed by atoms with van der Waals surface area (Å²) in [6.07, 6.45) is 11.2. The number of carbonyl (C=O) groups is 1. The van der Waals surface area contributed by atoms with Crippen LogP contribution in [-0.4, -0.2) is 20.7 Å². The van der Waals surface area contributed by atoms with Crippen LogP contribution in [0.25, 0.3) is 0 Å². The van der Waals surface area contributed by atoms with Gasteiger partial charge in [0.05, 0.1) is 17.1 Å². The van der Waals surface area contributed by atoms with E-state index in [0.29, 0.717) is 12.1 Å². The van der Waals surface area contributed by atoms with Crippen LogP contribution in [0.2, 0.25) is 0 Å². The highest BCUT2D eigenvalue weighted by molar-refractivity contribution is 7.09. The standard InChI is InChI=1S/C15H18N3OS/c1-2-3-4-5-12(10-14-18-8-9-20-14)15(19)13-11-16-6-7-17-13/h6-9,11H,2-5,10H2,1H3. The van der Waals surface area contributed by atoms with Crippen molar-refractivity contribution >= 4 is 17.1 Å². The summed E-state index contributed by atoms with van der Waals surface area (Å²) < 4.78 is 0. The van der Waals surface area contributed by atoms with E-state index in [4.69, 9.17) is 0 Å². The summed E-state index contributed by atoms with van der Waals surface area (Å²) in [5.74, 6) is 0.887. The number of nitrogens with zero attached hydrogens (tertiary/aromatic N) is 3. The minimum absolute atomic E-state index is 0.00408. The molecule has 105 valence electrons. The summed E-state index contributed by atoms with van der Waals surface area (Å²) in [6, 6.07) is 0. The lowest BCUT2D eigenvalue weighted by Gasteiger charge is -2.13. The van der Waals surface area contributed by atoms with E-state index in [1.165, 1.54) is 6.20 Å². The highest BCUT2D eigenvalue weighted by atomic mass is 32.1. The summed E-state index contributed by atoms with van der Waals surface area (Å²) in [7, 11) is 0. The Balaban J connectivity index is 2.06. The van der Waals surface area contributed by atoms with Crippen LogP contribution in [0.3, 0.4) is 0 Å². The number of rotatable bonds is 8. The molecule has 2 aromatic heterocycles. The molecule has 2 rings (SSSR count). The Hall–Kier alpha value is -1.62. The highest BCUT2D eigenvalue weighted by Crippen LogP contribution is 2.22. The molecule has 0 saturated carbocycles. The summed E-state index contributed by atoms with van der Waals surface area (Å²) in [4.78, 5) is 24.9. The van der Waals surface area contributed by atoms with Crippen molar-refractivity contribution in [3.63, 3.8) is 0 Å². The maximum atomic E-state index is 12.5. The molecule has 0 spiro atoms. The molecule has 4 nitrogen and oxygen atoms in total. The van der Waals surface area contributed by atoms with Gasteiger partial charge in [-0.25, -0.2) is 9.97 Å². The lowest BCUT2D eigenvalue weighted by Crippen LogP contribution is -2.17. The average Bonchev–Trinajstić information content (AvgIpc) is 3.00. The molecule has 0 fully saturated rings. The Morgan fingerprint density at radius 2 is 2.10 bits per heavy atom. The summed E-state index contributed by atoms with van der Waals surface area (Å²) in [5.41, 5.74) is 0.426. The van der Waals surface area contributed by atoms with Crippen LogP contribution >= 0.6 is 11.3 Å². The van der Waals surface area contributed by atoms with Crippen molar-refractivity contribution in [1.82, 2.24) is 15.0 Å². The van der Waals surface area contributed by atoms with Gasteiger partial charge < -0.3 is 0 Å². The van der Waals surface area contributed by atoms with E-state index in [9.17, 15) is 4.79 Å². The van der Waals surface area contributed by atoms with Crippen molar-refractivity contribution in [3.8, 4) is 0 Å². The third-order valence-corrected chi connectivity index (χ3v) is 3.83. The zero-order chi connectivity index (χ0) is 14.2. The molecule has 0 aliphatic rings. The van der Waals surface area contributed by atoms with Crippen LogP contribution in [0.15, 0.2) is 30.2 Å². The number of thiazole rings is 1. The molecule has 0 aliphatic heterocycles. The minimum atomic E-state index is 0.00408. The highest BCUT2D eigenvalue weighted by Gasteiger charge is 2.23. The number of unbranched alkanes of at least 4 members (excludes halogenated alkanes) is 2. The Morgan fingerprint density at radius 3 is 2.75 bits per heavy atom. The van der Waals surface area contributed by atoms with Gasteiger partial charge in [0.2, 0.25) is 0 Å². The van der Waals surface area contributed by atoms with Gasteiger partial charge in [0, 0.05) is 30.4 Å². The van der Waals surface area contributed by atoms with Crippen LogP contribution in [0, 0.1) is 5.92 Å². The van der Waals surface area contributed by atoms with E-state index < -0.39 is 0 Å². The Kier molecular flexibility index (Phi) is 5.80. The Morgan fingerprint density at radius 1 is 1.20 bits per heavy atom. The third kappa shape index (κ3) is 4.20. The molecule has 0 bridgehead atoms. The van der Waals surface area contributed by atoms with Crippen molar-refractivity contribution in [3.05, 3.63) is 46.8 Å². The molecule has 0 aromatic carbocycles. The summed E-state index contributed by atoms with van der Waals surface area (Å²) >= 11 is 1.58. The van der Waals surface area contributed by atoms with Gasteiger partial charge in [-0.2, -0.15) is 0 Å². The molecule has 0 atom stereocenters. The molecule has 5 heteroatoms. The lowest BCUT2D eigenvalue weighted by molar-refractivity contribution is 0.0991. The van der Waals surface area contributed by atoms with Gasteiger partial charge >= 0.3 is 0 Å². The van der Waals surface area contributed by atoms with Crippen LogP contribution in [0.4, 0.5) is 0 Å². The van der Waals surface area contributed by atoms with E-state index in [1.807, 2.05) is 5.38 Å². The first-order chi connectivity index (χ1) is 9.81. The average molecular weight is 288 g/mol. The third-order valence-electron chi connectivity index (χ3n) is 3.05. The van der Waals surface area contributed by atoms with Crippen molar-refractivity contribution < 1.29 is 4.79 Å². The molecule has 0 saturated heterocycles. The van der Waals surface area contributed by atoms with E-state index >= 15 is 0 Å². The first-order valence-electron chi connectivity index (χ1n) is 6.85. The molecule has 0 unspecified atom stereocenters. The zero-order valence-electron chi connectivity index (χ0n) is 11.6. The second-order valence-electron chi connectivity index (χ2n) is 4.58. The normalized spacial score (nSPS) is 10.9. The fourth-order valence-electron chi connectivity index (χ4n) is 1.99. The number of carbonyl (C=O) groups excluding carboxylic acids is 1. The molecule has 20 heavy (non-hydrogen) atoms. The van der Waals surface area contributed by atoms with Gasteiger partial charge in [-0.1, -0.05) is 26.2 Å². The minimum Gasteiger partial charge on any atom is -0.292 e. The summed E-state index contributed by atoms with van der Waals surface area (Å²) in [5, 5.41) is 2.92. The number of hydrogen-bond acceptors (Lipinski definition) is 5. The molecule has 2 heterocycles. The first kappa shape index (κ1) is 14.8. The van der Waals surface area contributed by atoms with E-state index in [0.717, 1.165) is 36.6 Å². The van der Waals surface area contributed by atoms with Crippen LogP contribution in [-0.2, 0) is 6.42 Å². The number of Topliss-reactive ketones (excluding diaryl/α,β-unsaturated/α-hetero) is 1. The monoisotopic (exact) mass is 288 g/mol. The predicted octanol–water partition coefficient (Wildman–Crippen LogP) is 3.51. The van der Waals surface area contributed by atoms with Gasteiger partial charge in [-0.15, -0.1) is 11.3 Å². The van der Waals surface area contributed by atoms with Crippen molar-refractivity contribution in [2.75, 3.05) is 0 Å². The van der Waals surface area contributed by atoms with Gasteiger partial charge in [0.1, 0.15) is 5.69 Å². The zero-order valence-corrected chi connectivity index (χ0v) is 12.4. The van der Waals surface area contributed by atoms with E-state index in [2.05, 4.69) is 21.9 Å². The quantitative estimate of drug-likeness (QED) is 0.551. The topological polar surface area (TPSA) is 55.7 Å². The van der Waals surface area contributed by atoms with E-state index in [-0.39, 0.29) is 5.78 Å². The van der Waals surface area contributed by atoms with Gasteiger partial charge in [-0.05, 0) is 6.42 Å².